The van der Waals surface area contributed by atoms with Crippen LogP contribution in [0.25, 0.3) is 0 Å². The summed E-state index contributed by atoms with van der Waals surface area (Å²) in [4.78, 5) is 2.77. The molecule has 3 heteroatoms. The molecule has 2 bridgehead atoms. The molecule has 0 saturated carbocycles. The molecule has 2 rings (SSSR count). The highest BCUT2D eigenvalue weighted by Crippen LogP contribution is 2.51. The minimum atomic E-state index is -0.0376. The van der Waals surface area contributed by atoms with Gasteiger partial charge in [-0.2, -0.15) is 0 Å². The first-order valence-corrected chi connectivity index (χ1v) is 8.52. The first-order valence-electron chi connectivity index (χ1n) is 8.52. The Bertz CT molecular complexity index is 345. The van der Waals surface area contributed by atoms with E-state index in [-0.39, 0.29) is 5.60 Å². The molecule has 2 heterocycles. The molecule has 0 amide bonds. The monoisotopic (exact) mass is 297 g/mol. The molecule has 0 aromatic heterocycles. The summed E-state index contributed by atoms with van der Waals surface area (Å²) in [6, 6.07) is 0. The molecule has 0 spiro atoms. The van der Waals surface area contributed by atoms with Crippen molar-refractivity contribution in [3.05, 3.63) is 0 Å². The minimum absolute atomic E-state index is 0.0376. The van der Waals surface area contributed by atoms with Gasteiger partial charge in [0.1, 0.15) is 0 Å². The number of hydrogen-bond acceptors (Lipinski definition) is 3. The maximum atomic E-state index is 5.98. The van der Waals surface area contributed by atoms with Crippen molar-refractivity contribution in [2.24, 2.45) is 5.92 Å². The highest BCUT2D eigenvalue weighted by molar-refractivity contribution is 5.11. The maximum absolute atomic E-state index is 5.98. The van der Waals surface area contributed by atoms with Crippen LogP contribution in [-0.4, -0.2) is 47.9 Å². The van der Waals surface area contributed by atoms with Crippen LogP contribution in [0.2, 0.25) is 0 Å². The van der Waals surface area contributed by atoms with E-state index >= 15 is 0 Å². The molecule has 4 atom stereocenters. The molecule has 2 fully saturated rings. The van der Waals surface area contributed by atoms with Crippen molar-refractivity contribution in [2.75, 3.05) is 20.3 Å². The molecule has 0 radical (unpaired) electrons. The quantitative estimate of drug-likeness (QED) is 0.769. The lowest BCUT2D eigenvalue weighted by molar-refractivity contribution is -0.0839. The van der Waals surface area contributed by atoms with Gasteiger partial charge < -0.3 is 9.47 Å². The van der Waals surface area contributed by atoms with Crippen LogP contribution in [0.1, 0.15) is 67.2 Å². The molecule has 2 aliphatic heterocycles. The van der Waals surface area contributed by atoms with Gasteiger partial charge in [0.15, 0.2) is 0 Å². The Morgan fingerprint density at radius 2 is 1.67 bits per heavy atom. The van der Waals surface area contributed by atoms with Gasteiger partial charge in [0.05, 0.1) is 18.3 Å². The zero-order valence-corrected chi connectivity index (χ0v) is 15.2. The number of hydrogen-bond donors (Lipinski definition) is 0. The smallest absolute Gasteiger partial charge is 0.0606 e. The summed E-state index contributed by atoms with van der Waals surface area (Å²) in [7, 11) is 1.87. The van der Waals surface area contributed by atoms with Crippen molar-refractivity contribution in [3.8, 4) is 0 Å². The maximum Gasteiger partial charge on any atom is 0.0606 e. The van der Waals surface area contributed by atoms with Crippen molar-refractivity contribution in [1.29, 1.82) is 0 Å². The normalized spacial score (nSPS) is 38.7. The summed E-state index contributed by atoms with van der Waals surface area (Å²) in [6.45, 7) is 15.6. The van der Waals surface area contributed by atoms with E-state index in [4.69, 9.17) is 9.47 Å². The molecule has 2 saturated heterocycles. The third kappa shape index (κ3) is 3.80. The van der Waals surface area contributed by atoms with Crippen LogP contribution in [-0.2, 0) is 9.47 Å². The Balaban J connectivity index is 2.00. The highest BCUT2D eigenvalue weighted by atomic mass is 16.5. The van der Waals surface area contributed by atoms with Crippen LogP contribution in [0.5, 0.6) is 0 Å². The summed E-state index contributed by atoms with van der Waals surface area (Å²) < 4.78 is 11.7. The van der Waals surface area contributed by atoms with E-state index in [1.807, 2.05) is 7.11 Å². The lowest BCUT2D eigenvalue weighted by Crippen LogP contribution is -2.59. The van der Waals surface area contributed by atoms with E-state index in [0.29, 0.717) is 23.1 Å². The zero-order chi connectivity index (χ0) is 15.9. The third-order valence-corrected chi connectivity index (χ3v) is 5.47. The minimum Gasteiger partial charge on any atom is -0.381 e. The standard InChI is InChI=1S/C18H35NO2/c1-14(13-21-16(2,3)4)12-19-17(5)8-9-18(19,6)11-15(10-17)20-7/h14-15H,8-13H2,1-7H3/t14-,15-,17-,18+/m1/s1. The van der Waals surface area contributed by atoms with Gasteiger partial charge in [-0.25, -0.2) is 0 Å². The summed E-state index contributed by atoms with van der Waals surface area (Å²) in [5.41, 5.74) is 0.581. The second-order valence-corrected chi connectivity index (χ2v) is 8.90. The molecule has 0 unspecified atom stereocenters. The van der Waals surface area contributed by atoms with Gasteiger partial charge in [0.2, 0.25) is 0 Å². The summed E-state index contributed by atoms with van der Waals surface area (Å²) in [5, 5.41) is 0. The SMILES string of the molecule is CO[C@H]1C[C@]2(C)CC[C@](C)(C1)N2C[C@@H](C)COC(C)(C)C. The fourth-order valence-electron chi connectivity index (χ4n) is 4.30. The van der Waals surface area contributed by atoms with Crippen molar-refractivity contribution in [2.45, 2.75) is 90.0 Å². The molecule has 0 aromatic rings. The Labute approximate surface area is 131 Å². The fourth-order valence-corrected chi connectivity index (χ4v) is 4.30. The molecule has 0 N–H and O–H groups in total. The van der Waals surface area contributed by atoms with Crippen LogP contribution >= 0.6 is 0 Å². The largest absolute Gasteiger partial charge is 0.381 e. The summed E-state index contributed by atoms with van der Waals surface area (Å²) in [5.74, 6) is 0.570. The van der Waals surface area contributed by atoms with Crippen molar-refractivity contribution < 1.29 is 9.47 Å². The predicted molar refractivity (Wildman–Crippen MR) is 87.7 cm³/mol. The van der Waals surface area contributed by atoms with E-state index in [1.54, 1.807) is 0 Å². The van der Waals surface area contributed by atoms with Gasteiger partial charge >= 0.3 is 0 Å². The highest BCUT2D eigenvalue weighted by Gasteiger charge is 2.55. The van der Waals surface area contributed by atoms with E-state index in [1.165, 1.54) is 25.7 Å². The second-order valence-electron chi connectivity index (χ2n) is 8.90. The van der Waals surface area contributed by atoms with Crippen molar-refractivity contribution in [3.63, 3.8) is 0 Å². The van der Waals surface area contributed by atoms with Crippen LogP contribution in [0.3, 0.4) is 0 Å². The average molecular weight is 297 g/mol. The first kappa shape index (κ1) is 17.2. The molecule has 124 valence electrons. The lowest BCUT2D eigenvalue weighted by Gasteiger charge is -2.51. The summed E-state index contributed by atoms with van der Waals surface area (Å²) >= 11 is 0. The number of rotatable bonds is 5. The van der Waals surface area contributed by atoms with Gasteiger partial charge in [-0.15, -0.1) is 0 Å². The van der Waals surface area contributed by atoms with E-state index < -0.39 is 0 Å². The topological polar surface area (TPSA) is 21.7 Å². The number of nitrogens with zero attached hydrogens (tertiary/aromatic N) is 1. The van der Waals surface area contributed by atoms with Crippen molar-refractivity contribution >= 4 is 0 Å². The molecule has 21 heavy (non-hydrogen) atoms. The molecular weight excluding hydrogens is 262 g/mol. The Morgan fingerprint density at radius 1 is 1.14 bits per heavy atom. The number of piperidine rings is 1. The fraction of sp³-hybridized carbons (Fsp3) is 1.00. The van der Waals surface area contributed by atoms with Gasteiger partial charge in [-0.05, 0) is 66.2 Å². The van der Waals surface area contributed by atoms with Crippen LogP contribution < -0.4 is 0 Å². The molecule has 2 aliphatic rings. The molecule has 0 aromatic carbocycles. The van der Waals surface area contributed by atoms with E-state index in [0.717, 1.165) is 13.2 Å². The van der Waals surface area contributed by atoms with Gasteiger partial charge in [0, 0.05) is 24.7 Å². The van der Waals surface area contributed by atoms with Crippen LogP contribution in [0, 0.1) is 5.92 Å². The van der Waals surface area contributed by atoms with Gasteiger partial charge in [-0.3, -0.25) is 4.90 Å². The van der Waals surface area contributed by atoms with Gasteiger partial charge in [-0.1, -0.05) is 6.92 Å². The van der Waals surface area contributed by atoms with Crippen LogP contribution in [0.15, 0.2) is 0 Å². The molecule has 3 nitrogen and oxygen atoms in total. The van der Waals surface area contributed by atoms with Gasteiger partial charge in [0.25, 0.3) is 0 Å². The number of methoxy groups -OCH3 is 1. The average Bonchev–Trinajstić information content (AvgIpc) is 2.53. The van der Waals surface area contributed by atoms with Crippen LogP contribution in [0.4, 0.5) is 0 Å². The zero-order valence-electron chi connectivity index (χ0n) is 15.2. The number of ether oxygens (including phenoxy) is 2. The van der Waals surface area contributed by atoms with E-state index in [9.17, 15) is 0 Å². The Hall–Kier alpha value is -0.120. The molecular formula is C18H35NO2. The summed E-state index contributed by atoms with van der Waals surface area (Å²) in [6.07, 6.45) is 5.38. The third-order valence-electron chi connectivity index (χ3n) is 5.47. The molecule has 0 aliphatic carbocycles. The lowest BCUT2D eigenvalue weighted by atomic mass is 9.82. The predicted octanol–water partition coefficient (Wildman–Crippen LogP) is 3.86. The first-order chi connectivity index (χ1) is 9.58. The second kappa shape index (κ2) is 5.82. The Morgan fingerprint density at radius 3 is 2.10 bits per heavy atom. The van der Waals surface area contributed by atoms with E-state index in [2.05, 4.69) is 46.4 Å². The number of fused-ring (bicyclic) bond motifs is 2. The van der Waals surface area contributed by atoms with Crippen molar-refractivity contribution in [1.82, 2.24) is 4.90 Å². The Kier molecular flexibility index (Phi) is 4.78.